The van der Waals surface area contributed by atoms with Crippen LogP contribution in [0.5, 0.6) is 11.5 Å². The summed E-state index contributed by atoms with van der Waals surface area (Å²) in [7, 11) is 1.59. The van der Waals surface area contributed by atoms with Crippen molar-refractivity contribution >= 4 is 40.3 Å². The highest BCUT2D eigenvalue weighted by Crippen LogP contribution is 2.31. The van der Waals surface area contributed by atoms with Gasteiger partial charge in [0.05, 0.1) is 32.0 Å². The number of para-hydroxylation sites is 1. The SMILES string of the molecule is CCOC(=O)Cc1csc(NN=Cc2cccc(OC)c2OCc2ccc(Cl)cc2)n1. The zero-order chi connectivity index (χ0) is 22.1. The smallest absolute Gasteiger partial charge is 0.311 e. The lowest BCUT2D eigenvalue weighted by molar-refractivity contribution is -0.142. The zero-order valence-corrected chi connectivity index (χ0v) is 18.7. The molecule has 0 spiro atoms. The molecule has 9 heteroatoms. The topological polar surface area (TPSA) is 82.0 Å². The Morgan fingerprint density at radius 3 is 2.81 bits per heavy atom. The molecular formula is C22H22ClN3O4S. The molecule has 31 heavy (non-hydrogen) atoms. The van der Waals surface area contributed by atoms with E-state index in [4.69, 9.17) is 25.8 Å². The molecule has 0 atom stereocenters. The van der Waals surface area contributed by atoms with Crippen LogP contribution >= 0.6 is 22.9 Å². The Kier molecular flexibility index (Phi) is 8.26. The lowest BCUT2D eigenvalue weighted by Crippen LogP contribution is -2.07. The third-order valence-electron chi connectivity index (χ3n) is 4.07. The molecule has 0 unspecified atom stereocenters. The number of thiazole rings is 1. The van der Waals surface area contributed by atoms with Crippen LogP contribution in [0.25, 0.3) is 0 Å². The lowest BCUT2D eigenvalue weighted by atomic mass is 10.2. The van der Waals surface area contributed by atoms with Crippen LogP contribution in [0.15, 0.2) is 52.9 Å². The van der Waals surface area contributed by atoms with Crippen LogP contribution < -0.4 is 14.9 Å². The van der Waals surface area contributed by atoms with E-state index in [0.717, 1.165) is 11.1 Å². The second-order valence-corrected chi connectivity index (χ2v) is 7.58. The Labute approximate surface area is 189 Å². The number of carbonyl (C=O) groups excluding carboxylic acids is 1. The van der Waals surface area contributed by atoms with Crippen LogP contribution in [0, 0.1) is 0 Å². The van der Waals surface area contributed by atoms with Gasteiger partial charge in [-0.05, 0) is 36.8 Å². The molecule has 0 bridgehead atoms. The second kappa shape index (κ2) is 11.3. The number of hydrazone groups is 1. The van der Waals surface area contributed by atoms with Gasteiger partial charge in [0.15, 0.2) is 11.5 Å². The third-order valence-corrected chi connectivity index (χ3v) is 5.12. The molecule has 0 saturated heterocycles. The quantitative estimate of drug-likeness (QED) is 0.263. The summed E-state index contributed by atoms with van der Waals surface area (Å²) in [6.45, 7) is 2.48. The molecule has 2 aromatic carbocycles. The van der Waals surface area contributed by atoms with Gasteiger partial charge in [0.25, 0.3) is 0 Å². The highest BCUT2D eigenvalue weighted by atomic mass is 35.5. The van der Waals surface area contributed by atoms with Crippen molar-refractivity contribution < 1.29 is 19.0 Å². The van der Waals surface area contributed by atoms with Crippen molar-refractivity contribution in [3.8, 4) is 11.5 Å². The number of ether oxygens (including phenoxy) is 3. The van der Waals surface area contributed by atoms with E-state index < -0.39 is 0 Å². The molecule has 0 amide bonds. The average Bonchev–Trinajstić information content (AvgIpc) is 3.20. The Bertz CT molecular complexity index is 1040. The molecule has 0 fully saturated rings. The minimum absolute atomic E-state index is 0.133. The summed E-state index contributed by atoms with van der Waals surface area (Å²) < 4.78 is 16.4. The van der Waals surface area contributed by atoms with E-state index in [1.807, 2.05) is 42.5 Å². The van der Waals surface area contributed by atoms with E-state index in [1.165, 1.54) is 11.3 Å². The Morgan fingerprint density at radius 2 is 2.06 bits per heavy atom. The molecule has 3 rings (SSSR count). The standard InChI is InChI=1S/C22H22ClN3O4S/c1-3-29-20(27)11-18-14-31-22(25-18)26-24-12-16-5-4-6-19(28-2)21(16)30-13-15-7-9-17(23)10-8-15/h4-10,12,14H,3,11,13H2,1-2H3,(H,25,26). The van der Waals surface area contributed by atoms with E-state index in [2.05, 4.69) is 15.5 Å². The number of nitrogens with zero attached hydrogens (tertiary/aromatic N) is 2. The van der Waals surface area contributed by atoms with E-state index in [0.29, 0.717) is 40.6 Å². The van der Waals surface area contributed by atoms with Crippen molar-refractivity contribution in [2.45, 2.75) is 20.0 Å². The van der Waals surface area contributed by atoms with E-state index >= 15 is 0 Å². The molecule has 0 aliphatic heterocycles. The molecule has 7 nitrogen and oxygen atoms in total. The first kappa shape index (κ1) is 22.6. The first-order valence-corrected chi connectivity index (χ1v) is 10.8. The Balaban J connectivity index is 1.66. The normalized spacial score (nSPS) is 10.8. The van der Waals surface area contributed by atoms with Gasteiger partial charge < -0.3 is 14.2 Å². The van der Waals surface area contributed by atoms with Crippen LogP contribution in [-0.2, 0) is 22.6 Å². The predicted octanol–water partition coefficient (Wildman–Crippen LogP) is 4.94. The molecule has 162 valence electrons. The molecular weight excluding hydrogens is 438 g/mol. The maximum absolute atomic E-state index is 11.6. The molecule has 0 aliphatic rings. The van der Waals surface area contributed by atoms with Gasteiger partial charge in [-0.15, -0.1) is 11.3 Å². The van der Waals surface area contributed by atoms with Gasteiger partial charge in [0, 0.05) is 16.0 Å². The maximum atomic E-state index is 11.6. The zero-order valence-electron chi connectivity index (χ0n) is 17.1. The summed E-state index contributed by atoms with van der Waals surface area (Å²) in [6.07, 6.45) is 1.76. The predicted molar refractivity (Wildman–Crippen MR) is 122 cm³/mol. The van der Waals surface area contributed by atoms with E-state index in [1.54, 1.807) is 25.6 Å². The first-order chi connectivity index (χ1) is 15.1. The minimum Gasteiger partial charge on any atom is -0.493 e. The number of esters is 1. The molecule has 1 heterocycles. The number of aromatic nitrogens is 1. The fraction of sp³-hybridized carbons (Fsp3) is 0.227. The Morgan fingerprint density at radius 1 is 1.26 bits per heavy atom. The van der Waals surface area contributed by atoms with Crippen LogP contribution in [-0.4, -0.2) is 30.9 Å². The minimum atomic E-state index is -0.304. The highest BCUT2D eigenvalue weighted by Gasteiger charge is 2.11. The summed E-state index contributed by atoms with van der Waals surface area (Å²) >= 11 is 7.29. The fourth-order valence-corrected chi connectivity index (χ4v) is 3.43. The van der Waals surface area contributed by atoms with Gasteiger partial charge in [-0.2, -0.15) is 5.10 Å². The number of nitrogens with one attached hydrogen (secondary N) is 1. The number of methoxy groups -OCH3 is 1. The lowest BCUT2D eigenvalue weighted by Gasteiger charge is -2.13. The van der Waals surface area contributed by atoms with Crippen LogP contribution in [0.1, 0.15) is 23.7 Å². The summed E-state index contributed by atoms with van der Waals surface area (Å²) in [4.78, 5) is 15.9. The number of carbonyl (C=O) groups is 1. The largest absolute Gasteiger partial charge is 0.493 e. The average molecular weight is 460 g/mol. The van der Waals surface area contributed by atoms with Gasteiger partial charge >= 0.3 is 5.97 Å². The second-order valence-electron chi connectivity index (χ2n) is 6.29. The van der Waals surface area contributed by atoms with Crippen molar-refractivity contribution in [2.75, 3.05) is 19.1 Å². The molecule has 0 aliphatic carbocycles. The molecule has 0 radical (unpaired) electrons. The van der Waals surface area contributed by atoms with Crippen molar-refractivity contribution in [1.82, 2.24) is 4.98 Å². The number of anilines is 1. The van der Waals surface area contributed by atoms with Crippen LogP contribution in [0.2, 0.25) is 5.02 Å². The van der Waals surface area contributed by atoms with Crippen molar-refractivity contribution in [3.63, 3.8) is 0 Å². The van der Waals surface area contributed by atoms with Gasteiger partial charge in [-0.1, -0.05) is 29.8 Å². The van der Waals surface area contributed by atoms with E-state index in [-0.39, 0.29) is 12.4 Å². The van der Waals surface area contributed by atoms with Gasteiger partial charge in [-0.3, -0.25) is 10.2 Å². The van der Waals surface area contributed by atoms with Crippen molar-refractivity contribution in [1.29, 1.82) is 0 Å². The third kappa shape index (κ3) is 6.70. The number of benzene rings is 2. The molecule has 3 aromatic rings. The monoisotopic (exact) mass is 459 g/mol. The highest BCUT2D eigenvalue weighted by molar-refractivity contribution is 7.13. The van der Waals surface area contributed by atoms with Crippen LogP contribution in [0.4, 0.5) is 5.13 Å². The van der Waals surface area contributed by atoms with Gasteiger partial charge in [0.2, 0.25) is 5.13 Å². The fourth-order valence-electron chi connectivity index (χ4n) is 2.64. The van der Waals surface area contributed by atoms with Gasteiger partial charge in [0.1, 0.15) is 6.61 Å². The first-order valence-electron chi connectivity index (χ1n) is 9.52. The summed E-state index contributed by atoms with van der Waals surface area (Å²) in [5.74, 6) is 0.873. The number of halogens is 1. The summed E-state index contributed by atoms with van der Waals surface area (Å²) in [6, 6.07) is 13.0. The maximum Gasteiger partial charge on any atom is 0.311 e. The van der Waals surface area contributed by atoms with E-state index in [9.17, 15) is 4.79 Å². The number of hydrogen-bond donors (Lipinski definition) is 1. The molecule has 0 saturated carbocycles. The van der Waals surface area contributed by atoms with Gasteiger partial charge in [-0.25, -0.2) is 4.98 Å². The molecule has 1 aromatic heterocycles. The van der Waals surface area contributed by atoms with Crippen molar-refractivity contribution in [3.05, 3.63) is 69.7 Å². The Hall–Kier alpha value is -3.10. The summed E-state index contributed by atoms with van der Waals surface area (Å²) in [5.41, 5.74) is 5.23. The van der Waals surface area contributed by atoms with Crippen LogP contribution in [0.3, 0.4) is 0 Å². The van der Waals surface area contributed by atoms with Crippen molar-refractivity contribution in [2.24, 2.45) is 5.10 Å². The number of rotatable bonds is 10. The summed E-state index contributed by atoms with van der Waals surface area (Å²) in [5, 5.41) is 7.28. The number of hydrogen-bond acceptors (Lipinski definition) is 8. The molecule has 1 N–H and O–H groups in total.